The molecule has 3 aromatic rings. The average molecular weight is 398 g/mol. The molecule has 3 aromatic carbocycles. The van der Waals surface area contributed by atoms with Crippen molar-refractivity contribution in [1.82, 2.24) is 10.7 Å². The zero-order valence-electron chi connectivity index (χ0n) is 17.0. The standard InChI is InChI=1S/C25H23N3O2/c1-17-8-12-20(13-9-17)23-22(26-24(29)21-14-10-18(2)11-15-21)25(30)27-28(23)16-19-6-4-3-5-7-19/h3-16,22-23H,1-2H3,(H-,26,27,29,30)/p+1/b28-16-/t22-,23-/m1/s1. The topological polar surface area (TPSA) is 61.2 Å². The number of hydrazine groups is 1. The van der Waals surface area contributed by atoms with Gasteiger partial charge in [-0.2, -0.15) is 0 Å². The largest absolute Gasteiger partial charge is 0.334 e. The van der Waals surface area contributed by atoms with Crippen LogP contribution in [0.1, 0.15) is 38.7 Å². The first-order chi connectivity index (χ1) is 14.5. The molecule has 1 fully saturated rings. The molecule has 30 heavy (non-hydrogen) atoms. The van der Waals surface area contributed by atoms with Gasteiger partial charge in [0.15, 0.2) is 6.04 Å². The van der Waals surface area contributed by atoms with E-state index in [1.54, 1.807) is 16.8 Å². The van der Waals surface area contributed by atoms with Gasteiger partial charge in [-0.1, -0.05) is 65.7 Å². The summed E-state index contributed by atoms with van der Waals surface area (Å²) in [5.74, 6) is -0.512. The number of hydrogen-bond donors (Lipinski definition) is 2. The van der Waals surface area contributed by atoms with Gasteiger partial charge in [0.2, 0.25) is 12.3 Å². The first-order valence-electron chi connectivity index (χ1n) is 9.94. The lowest BCUT2D eigenvalue weighted by atomic mass is 9.98. The summed E-state index contributed by atoms with van der Waals surface area (Å²) in [7, 11) is 0. The molecule has 5 heteroatoms. The Bertz CT molecular complexity index is 1090. The Morgan fingerprint density at radius 3 is 2.13 bits per heavy atom. The Morgan fingerprint density at radius 1 is 0.900 bits per heavy atom. The number of amides is 2. The van der Waals surface area contributed by atoms with Gasteiger partial charge < -0.3 is 5.32 Å². The predicted molar refractivity (Wildman–Crippen MR) is 116 cm³/mol. The van der Waals surface area contributed by atoms with E-state index in [0.29, 0.717) is 5.56 Å². The molecule has 1 saturated heterocycles. The summed E-state index contributed by atoms with van der Waals surface area (Å²) in [6, 6.07) is 24.0. The molecule has 1 heterocycles. The molecule has 2 atom stereocenters. The Kier molecular flexibility index (Phi) is 5.44. The number of benzene rings is 3. The van der Waals surface area contributed by atoms with Gasteiger partial charge >= 0.3 is 5.91 Å². The van der Waals surface area contributed by atoms with Crippen LogP contribution in [0.25, 0.3) is 0 Å². The van der Waals surface area contributed by atoms with Gasteiger partial charge in [-0.25, -0.2) is 0 Å². The summed E-state index contributed by atoms with van der Waals surface area (Å²) in [6.07, 6.45) is 1.89. The van der Waals surface area contributed by atoms with Crippen LogP contribution in [0.5, 0.6) is 0 Å². The minimum Gasteiger partial charge on any atom is -0.334 e. The maximum Gasteiger partial charge on any atom is 0.304 e. The van der Waals surface area contributed by atoms with Gasteiger partial charge in [-0.15, -0.1) is 10.1 Å². The molecule has 0 saturated carbocycles. The van der Waals surface area contributed by atoms with Crippen LogP contribution in [0.3, 0.4) is 0 Å². The quantitative estimate of drug-likeness (QED) is 0.663. The van der Waals surface area contributed by atoms with Gasteiger partial charge in [0.25, 0.3) is 5.91 Å². The molecule has 0 aliphatic carbocycles. The zero-order chi connectivity index (χ0) is 21.1. The highest BCUT2D eigenvalue weighted by Gasteiger charge is 2.47. The second-order valence-electron chi connectivity index (χ2n) is 7.60. The molecular formula is C25H24N3O2+. The molecule has 2 amide bonds. The highest BCUT2D eigenvalue weighted by Crippen LogP contribution is 2.26. The van der Waals surface area contributed by atoms with Crippen LogP contribution in [0.2, 0.25) is 0 Å². The van der Waals surface area contributed by atoms with Crippen molar-refractivity contribution in [1.29, 1.82) is 0 Å². The summed E-state index contributed by atoms with van der Waals surface area (Å²) < 4.78 is 1.78. The van der Waals surface area contributed by atoms with E-state index in [1.807, 2.05) is 86.8 Å². The van der Waals surface area contributed by atoms with E-state index in [2.05, 4.69) is 10.7 Å². The number of nitrogens with zero attached hydrogens (tertiary/aromatic N) is 1. The van der Waals surface area contributed by atoms with E-state index in [0.717, 1.165) is 22.3 Å². The lowest BCUT2D eigenvalue weighted by Gasteiger charge is -2.15. The molecule has 0 aromatic heterocycles. The van der Waals surface area contributed by atoms with Crippen molar-refractivity contribution in [3.05, 3.63) is 107 Å². The smallest absolute Gasteiger partial charge is 0.304 e. The van der Waals surface area contributed by atoms with E-state index >= 15 is 0 Å². The maximum absolute atomic E-state index is 12.9. The van der Waals surface area contributed by atoms with Crippen molar-refractivity contribution in [2.75, 3.05) is 0 Å². The fourth-order valence-corrected chi connectivity index (χ4v) is 3.57. The number of hydrogen-bond acceptors (Lipinski definition) is 2. The fourth-order valence-electron chi connectivity index (χ4n) is 3.57. The SMILES string of the molecule is Cc1ccc(C(=O)N[C@H]2C(=O)N/[N+](=C\c3ccccc3)[C@@H]2c2ccc(C)cc2)cc1. The molecule has 1 aliphatic rings. The number of rotatable bonds is 4. The zero-order valence-corrected chi connectivity index (χ0v) is 17.0. The van der Waals surface area contributed by atoms with Crippen LogP contribution >= 0.6 is 0 Å². The van der Waals surface area contributed by atoms with Crippen molar-refractivity contribution in [3.63, 3.8) is 0 Å². The Hall–Kier alpha value is -3.73. The molecule has 2 N–H and O–H groups in total. The van der Waals surface area contributed by atoms with Crippen LogP contribution in [-0.2, 0) is 4.79 Å². The molecule has 0 radical (unpaired) electrons. The molecule has 0 spiro atoms. The van der Waals surface area contributed by atoms with E-state index in [-0.39, 0.29) is 17.9 Å². The van der Waals surface area contributed by atoms with Gasteiger partial charge in [0, 0.05) is 16.7 Å². The van der Waals surface area contributed by atoms with Crippen LogP contribution < -0.4 is 10.7 Å². The molecular weight excluding hydrogens is 374 g/mol. The Morgan fingerprint density at radius 2 is 1.50 bits per heavy atom. The third-order valence-electron chi connectivity index (χ3n) is 5.24. The van der Waals surface area contributed by atoms with Crippen LogP contribution in [0.4, 0.5) is 0 Å². The molecule has 0 bridgehead atoms. The van der Waals surface area contributed by atoms with Gasteiger partial charge in [0.1, 0.15) is 0 Å². The summed E-state index contributed by atoms with van der Waals surface area (Å²) >= 11 is 0. The average Bonchev–Trinajstić information content (AvgIpc) is 3.04. The lowest BCUT2D eigenvalue weighted by molar-refractivity contribution is -0.596. The van der Waals surface area contributed by atoms with Gasteiger partial charge in [-0.05, 0) is 38.1 Å². The van der Waals surface area contributed by atoms with Crippen molar-refractivity contribution in [2.24, 2.45) is 0 Å². The van der Waals surface area contributed by atoms with Crippen molar-refractivity contribution in [3.8, 4) is 0 Å². The Balaban J connectivity index is 1.69. The predicted octanol–water partition coefficient (Wildman–Crippen LogP) is 3.32. The number of hydrazone groups is 1. The maximum atomic E-state index is 12.9. The number of carbonyl (C=O) groups excluding carboxylic acids is 2. The number of carbonyl (C=O) groups is 2. The highest BCUT2D eigenvalue weighted by atomic mass is 16.2. The number of aryl methyl sites for hydroxylation is 2. The molecule has 150 valence electrons. The van der Waals surface area contributed by atoms with E-state index in [9.17, 15) is 9.59 Å². The first kappa shape index (κ1) is 19.6. The molecule has 0 unspecified atom stereocenters. The van der Waals surface area contributed by atoms with Crippen molar-refractivity contribution in [2.45, 2.75) is 25.9 Å². The first-order valence-corrected chi connectivity index (χ1v) is 9.94. The van der Waals surface area contributed by atoms with E-state index in [4.69, 9.17) is 0 Å². The van der Waals surface area contributed by atoms with E-state index < -0.39 is 6.04 Å². The van der Waals surface area contributed by atoms with Crippen LogP contribution in [0, 0.1) is 13.8 Å². The minimum atomic E-state index is -0.721. The van der Waals surface area contributed by atoms with Crippen molar-refractivity contribution >= 4 is 18.0 Å². The Labute approximate surface area is 176 Å². The van der Waals surface area contributed by atoms with E-state index in [1.165, 1.54) is 0 Å². The highest BCUT2D eigenvalue weighted by molar-refractivity contribution is 5.98. The molecule has 5 nitrogen and oxygen atoms in total. The summed E-state index contributed by atoms with van der Waals surface area (Å²) in [5.41, 5.74) is 7.55. The van der Waals surface area contributed by atoms with Gasteiger partial charge in [0.05, 0.1) is 0 Å². The summed E-state index contributed by atoms with van der Waals surface area (Å²) in [5, 5.41) is 2.93. The third kappa shape index (κ3) is 4.15. The van der Waals surface area contributed by atoms with Crippen LogP contribution in [-0.4, -0.2) is 28.8 Å². The molecule has 4 rings (SSSR count). The van der Waals surface area contributed by atoms with Crippen molar-refractivity contribution < 1.29 is 14.3 Å². The second kappa shape index (κ2) is 8.33. The second-order valence-corrected chi connectivity index (χ2v) is 7.60. The van der Waals surface area contributed by atoms with Gasteiger partial charge in [-0.3, -0.25) is 9.59 Å². The minimum absolute atomic E-state index is 0.242. The normalized spacial score (nSPS) is 19.5. The summed E-state index contributed by atoms with van der Waals surface area (Å²) in [4.78, 5) is 25.7. The monoisotopic (exact) mass is 398 g/mol. The van der Waals surface area contributed by atoms with Crippen LogP contribution in [0.15, 0.2) is 78.9 Å². The fraction of sp³-hybridized carbons (Fsp3) is 0.160. The third-order valence-corrected chi connectivity index (χ3v) is 5.24. The summed E-state index contributed by atoms with van der Waals surface area (Å²) in [6.45, 7) is 3.99. The lowest BCUT2D eigenvalue weighted by Crippen LogP contribution is -2.42. The molecule has 1 aliphatic heterocycles. The number of nitrogens with one attached hydrogen (secondary N) is 2.